The quantitative estimate of drug-likeness (QED) is 0.796. The molecule has 0 radical (unpaired) electrons. The van der Waals surface area contributed by atoms with E-state index in [1.54, 1.807) is 6.07 Å². The van der Waals surface area contributed by atoms with Crippen molar-refractivity contribution in [3.05, 3.63) is 53.5 Å². The summed E-state index contributed by atoms with van der Waals surface area (Å²) in [6.07, 6.45) is 4.02. The maximum atomic E-state index is 9.55. The van der Waals surface area contributed by atoms with Crippen molar-refractivity contribution in [3.8, 4) is 5.75 Å². The fraction of sp³-hybridized carbons (Fsp3) is 0.312. The number of phenols is 1. The van der Waals surface area contributed by atoms with Crippen LogP contribution in [-0.2, 0) is 0 Å². The SMILES string of the molecule is C=CC1=C(CC(C)C)CC(c2cccc(O)c2)=B1. The summed E-state index contributed by atoms with van der Waals surface area (Å²) in [5.41, 5.74) is 5.09. The van der Waals surface area contributed by atoms with Crippen LogP contribution in [0.25, 0.3) is 0 Å². The van der Waals surface area contributed by atoms with Crippen LogP contribution in [0.15, 0.2) is 48.0 Å². The second kappa shape index (κ2) is 5.39. The Balaban J connectivity index is 2.24. The average Bonchev–Trinajstić information content (AvgIpc) is 2.71. The van der Waals surface area contributed by atoms with Crippen molar-refractivity contribution >= 4 is 12.4 Å². The predicted molar refractivity (Wildman–Crippen MR) is 79.3 cm³/mol. The van der Waals surface area contributed by atoms with Gasteiger partial charge in [0, 0.05) is 0 Å². The van der Waals surface area contributed by atoms with Crippen LogP contribution in [0.4, 0.5) is 0 Å². The van der Waals surface area contributed by atoms with Crippen molar-refractivity contribution in [2.45, 2.75) is 26.7 Å². The Morgan fingerprint density at radius 1 is 1.44 bits per heavy atom. The van der Waals surface area contributed by atoms with Crippen molar-refractivity contribution in [2.24, 2.45) is 5.92 Å². The zero-order valence-corrected chi connectivity index (χ0v) is 11.1. The van der Waals surface area contributed by atoms with Gasteiger partial charge in [-0.3, -0.25) is 0 Å². The van der Waals surface area contributed by atoms with E-state index in [9.17, 15) is 5.11 Å². The molecule has 1 N–H and O–H groups in total. The molecule has 0 aliphatic carbocycles. The number of allylic oxidation sites excluding steroid dienone is 3. The van der Waals surface area contributed by atoms with E-state index in [-0.39, 0.29) is 0 Å². The first-order valence-corrected chi connectivity index (χ1v) is 6.44. The van der Waals surface area contributed by atoms with Gasteiger partial charge in [0.25, 0.3) is 0 Å². The Labute approximate surface area is 110 Å². The molecule has 1 aromatic rings. The molecular weight excluding hydrogens is 219 g/mol. The fourth-order valence-corrected chi connectivity index (χ4v) is 2.45. The van der Waals surface area contributed by atoms with Crippen molar-refractivity contribution in [2.75, 3.05) is 0 Å². The van der Waals surface area contributed by atoms with E-state index in [1.165, 1.54) is 16.5 Å². The summed E-state index contributed by atoms with van der Waals surface area (Å²) in [4.78, 5) is 0. The molecule has 0 saturated heterocycles. The molecule has 1 aliphatic rings. The van der Waals surface area contributed by atoms with Crippen molar-refractivity contribution in [1.29, 1.82) is 0 Å². The summed E-state index contributed by atoms with van der Waals surface area (Å²) in [6, 6.07) is 7.46. The molecule has 1 aliphatic heterocycles. The van der Waals surface area contributed by atoms with Gasteiger partial charge in [-0.05, 0) is 0 Å². The summed E-state index contributed by atoms with van der Waals surface area (Å²) in [6.45, 7) is 10.6. The normalized spacial score (nSPS) is 14.7. The fourth-order valence-electron chi connectivity index (χ4n) is 2.45. The molecule has 18 heavy (non-hydrogen) atoms. The van der Waals surface area contributed by atoms with E-state index < -0.39 is 0 Å². The first-order valence-electron chi connectivity index (χ1n) is 6.44. The monoisotopic (exact) mass is 238 g/mol. The number of benzene rings is 1. The zero-order valence-electron chi connectivity index (χ0n) is 11.1. The van der Waals surface area contributed by atoms with Crippen LogP contribution >= 0.6 is 0 Å². The van der Waals surface area contributed by atoms with Gasteiger partial charge in [-0.2, -0.15) is 0 Å². The molecule has 0 atom stereocenters. The molecule has 0 aromatic heterocycles. The molecule has 1 heterocycles. The van der Waals surface area contributed by atoms with E-state index in [0.29, 0.717) is 11.7 Å². The number of hydrogen-bond acceptors (Lipinski definition) is 1. The third-order valence-corrected chi connectivity index (χ3v) is 3.23. The maximum absolute atomic E-state index is 9.55. The molecule has 1 nitrogen and oxygen atoms in total. The molecule has 1 aromatic carbocycles. The summed E-state index contributed by atoms with van der Waals surface area (Å²) in [5, 5.41) is 9.55. The Morgan fingerprint density at radius 2 is 2.22 bits per heavy atom. The van der Waals surface area contributed by atoms with Crippen molar-refractivity contribution < 1.29 is 5.11 Å². The van der Waals surface area contributed by atoms with Crippen LogP contribution in [0, 0.1) is 5.92 Å². The molecule has 0 saturated carbocycles. The van der Waals surface area contributed by atoms with Crippen LogP contribution in [0.5, 0.6) is 5.75 Å². The molecule has 92 valence electrons. The molecular formula is C16H19BO. The van der Waals surface area contributed by atoms with E-state index in [2.05, 4.69) is 27.3 Å². The van der Waals surface area contributed by atoms with Gasteiger partial charge >= 0.3 is 109 Å². The predicted octanol–water partition coefficient (Wildman–Crippen LogP) is 3.51. The summed E-state index contributed by atoms with van der Waals surface area (Å²) >= 11 is 0. The minimum atomic E-state index is 0.325. The van der Waals surface area contributed by atoms with Gasteiger partial charge in [-0.1, -0.05) is 0 Å². The molecule has 0 bridgehead atoms. The van der Waals surface area contributed by atoms with Gasteiger partial charge in [0.2, 0.25) is 0 Å². The summed E-state index contributed by atoms with van der Waals surface area (Å²) in [7, 11) is 0. The standard InChI is InChI=1S/C16H19BO/c1-4-15-13(8-11(2)3)10-16(17-15)12-6-5-7-14(18)9-12/h4-7,9,11,18H,1,8,10H2,2-3H3. The topological polar surface area (TPSA) is 20.2 Å². The van der Waals surface area contributed by atoms with Gasteiger partial charge in [-0.25, -0.2) is 0 Å². The van der Waals surface area contributed by atoms with Crippen LogP contribution in [0.1, 0.15) is 32.3 Å². The van der Waals surface area contributed by atoms with E-state index in [4.69, 9.17) is 0 Å². The summed E-state index contributed by atoms with van der Waals surface area (Å²) in [5.74, 6) is 0.984. The third kappa shape index (κ3) is 2.81. The second-order valence-electron chi connectivity index (χ2n) is 5.26. The van der Waals surface area contributed by atoms with E-state index in [0.717, 1.165) is 18.4 Å². The van der Waals surface area contributed by atoms with Gasteiger partial charge in [-0.15, -0.1) is 0 Å². The molecule has 2 heteroatoms. The number of hydrogen-bond donors (Lipinski definition) is 1. The Morgan fingerprint density at radius 3 is 2.83 bits per heavy atom. The number of phenolic OH excluding ortho intramolecular Hbond substituents is 1. The molecule has 0 unspecified atom stereocenters. The second-order valence-corrected chi connectivity index (χ2v) is 5.26. The molecule has 0 spiro atoms. The zero-order chi connectivity index (χ0) is 13.1. The van der Waals surface area contributed by atoms with E-state index >= 15 is 0 Å². The first-order chi connectivity index (χ1) is 8.60. The van der Waals surface area contributed by atoms with Gasteiger partial charge < -0.3 is 0 Å². The Bertz CT molecular complexity index is 524. The molecule has 0 fully saturated rings. The van der Waals surface area contributed by atoms with Crippen LogP contribution in [0.2, 0.25) is 0 Å². The van der Waals surface area contributed by atoms with Gasteiger partial charge in [0.15, 0.2) is 0 Å². The van der Waals surface area contributed by atoms with Crippen molar-refractivity contribution in [3.63, 3.8) is 0 Å². The minimum absolute atomic E-state index is 0.325. The Kier molecular flexibility index (Phi) is 3.85. The first kappa shape index (κ1) is 12.9. The van der Waals surface area contributed by atoms with Crippen molar-refractivity contribution in [1.82, 2.24) is 0 Å². The number of aromatic hydroxyl groups is 1. The third-order valence-electron chi connectivity index (χ3n) is 3.23. The summed E-state index contributed by atoms with van der Waals surface area (Å²) < 4.78 is 0. The van der Waals surface area contributed by atoms with Crippen LogP contribution in [0.3, 0.4) is 0 Å². The molecule has 0 amide bonds. The number of rotatable bonds is 4. The average molecular weight is 238 g/mol. The Hall–Kier alpha value is -1.57. The van der Waals surface area contributed by atoms with Gasteiger partial charge in [0.1, 0.15) is 0 Å². The van der Waals surface area contributed by atoms with Crippen LogP contribution < -0.4 is 0 Å². The molecule has 2 rings (SSSR count). The van der Waals surface area contributed by atoms with Gasteiger partial charge in [0.05, 0.1) is 0 Å². The van der Waals surface area contributed by atoms with Crippen LogP contribution in [-0.4, -0.2) is 17.5 Å². The van der Waals surface area contributed by atoms with E-state index in [1.807, 2.05) is 24.3 Å².